The molecule has 1 spiro atoms. The van der Waals surface area contributed by atoms with Crippen molar-refractivity contribution in [3.63, 3.8) is 0 Å². The number of hydrogen-bond donors (Lipinski definition) is 3. The maximum absolute atomic E-state index is 6.59. The summed E-state index contributed by atoms with van der Waals surface area (Å²) in [4.78, 5) is 24.2. The maximum Gasteiger partial charge on any atom is 0.342 e. The van der Waals surface area contributed by atoms with E-state index in [4.69, 9.17) is 36.6 Å². The maximum atomic E-state index is 6.59. The SMILES string of the molecule is NC1(N)O[N+]2(Oc3c(P)c(P)c(P)c(P)c31)Oc1c(P)c(P)c(P)c(P)c1C(N)(I)O2. The van der Waals surface area contributed by atoms with Crippen molar-refractivity contribution < 1.29 is 24.5 Å². The molecule has 10 atom stereocenters. The number of benzene rings is 2. The largest absolute Gasteiger partial charge is 0.342 e. The highest BCUT2D eigenvalue weighted by atomic mass is 127. The third-order valence-corrected chi connectivity index (χ3v) is 12.4. The van der Waals surface area contributed by atoms with E-state index in [1.165, 1.54) is 0 Å². The van der Waals surface area contributed by atoms with Gasteiger partial charge in [-0.05, 0) is 64.1 Å². The van der Waals surface area contributed by atoms with Crippen molar-refractivity contribution in [1.82, 2.24) is 0 Å². The van der Waals surface area contributed by atoms with Crippen LogP contribution in [0.1, 0.15) is 11.1 Å². The first-order valence-electron chi connectivity index (χ1n) is 8.41. The molecule has 31 heavy (non-hydrogen) atoms. The van der Waals surface area contributed by atoms with Crippen molar-refractivity contribution in [3.05, 3.63) is 11.1 Å². The van der Waals surface area contributed by atoms with Crippen LogP contribution in [0.5, 0.6) is 11.5 Å². The molecule has 2 heterocycles. The van der Waals surface area contributed by atoms with E-state index in [1.807, 2.05) is 22.6 Å². The zero-order valence-corrected chi connectivity index (χ0v) is 27.2. The highest BCUT2D eigenvalue weighted by Crippen LogP contribution is 2.46. The van der Waals surface area contributed by atoms with Gasteiger partial charge < -0.3 is 0 Å². The number of hydrogen-bond acceptors (Lipinski definition) is 7. The third kappa shape index (κ3) is 4.07. The van der Waals surface area contributed by atoms with Crippen molar-refractivity contribution in [1.29, 1.82) is 0 Å². The first-order valence-corrected chi connectivity index (χ1v) is 14.1. The van der Waals surface area contributed by atoms with Crippen molar-refractivity contribution in [2.75, 3.05) is 0 Å². The van der Waals surface area contributed by atoms with E-state index in [9.17, 15) is 0 Å². The van der Waals surface area contributed by atoms with Gasteiger partial charge in [0.15, 0.2) is 0 Å². The van der Waals surface area contributed by atoms with Crippen molar-refractivity contribution >= 4 is 139 Å². The zero-order chi connectivity index (χ0) is 23.3. The molecule has 2 aliphatic rings. The number of halogens is 1. The average Bonchev–Trinajstić information content (AvgIpc) is 2.65. The molecule has 6 N–H and O–H groups in total. The van der Waals surface area contributed by atoms with Gasteiger partial charge in [-0.3, -0.25) is 17.2 Å². The minimum atomic E-state index is -1.82. The summed E-state index contributed by atoms with van der Waals surface area (Å²) >= 11 is 1.97. The first-order chi connectivity index (χ1) is 14.1. The van der Waals surface area contributed by atoms with Crippen LogP contribution in [0.25, 0.3) is 0 Å². The van der Waals surface area contributed by atoms with Gasteiger partial charge in [-0.1, -0.05) is 0 Å². The lowest BCUT2D eigenvalue weighted by Crippen LogP contribution is -2.72. The lowest BCUT2D eigenvalue weighted by atomic mass is 10.1. The van der Waals surface area contributed by atoms with E-state index in [0.29, 0.717) is 27.9 Å². The number of fused-ring (bicyclic) bond motifs is 2. The van der Waals surface area contributed by atoms with Gasteiger partial charge in [-0.15, -0.1) is 73.9 Å². The van der Waals surface area contributed by atoms with Crippen LogP contribution in [0.15, 0.2) is 0 Å². The van der Waals surface area contributed by atoms with Gasteiger partial charge in [0.1, 0.15) is 0 Å². The molecule has 0 saturated carbocycles. The summed E-state index contributed by atoms with van der Waals surface area (Å²) < 4.78 is -1.40. The van der Waals surface area contributed by atoms with Gasteiger partial charge in [-0.25, -0.2) is 0 Å². The molecule has 10 unspecified atom stereocenters. The summed E-state index contributed by atoms with van der Waals surface area (Å²) in [7, 11) is 21.3. The minimum absolute atomic E-state index is 0.350. The fourth-order valence-corrected chi connectivity index (χ4v) is 7.93. The molecular formula is C14H22IN4O4P8+. The van der Waals surface area contributed by atoms with E-state index in [0.717, 1.165) is 37.1 Å². The fraction of sp³-hybridized carbons (Fsp3) is 0.143. The zero-order valence-electron chi connectivity index (χ0n) is 15.8. The van der Waals surface area contributed by atoms with E-state index in [2.05, 4.69) is 73.9 Å². The molecule has 2 aromatic carbocycles. The molecule has 168 valence electrons. The Morgan fingerprint density at radius 2 is 0.968 bits per heavy atom. The predicted octanol–water partition coefficient (Wildman–Crippen LogP) is -2.78. The Kier molecular flexibility index (Phi) is 7.16. The molecule has 2 aromatic rings. The second kappa shape index (κ2) is 8.53. The van der Waals surface area contributed by atoms with Crippen LogP contribution in [-0.4, -0.2) is 5.14 Å². The number of quaternary nitrogens is 1. The number of rotatable bonds is 0. The summed E-state index contributed by atoms with van der Waals surface area (Å²) in [5, 5.41) is 5.31. The quantitative estimate of drug-likeness (QED) is 0.0688. The second-order valence-electron chi connectivity index (χ2n) is 6.97. The Labute approximate surface area is 211 Å². The lowest BCUT2D eigenvalue weighted by Gasteiger charge is -2.43. The number of nitrogens with two attached hydrogens (primary N) is 3. The Morgan fingerprint density at radius 1 is 0.581 bits per heavy atom. The van der Waals surface area contributed by atoms with Crippen LogP contribution in [0, 0.1) is 0 Å². The molecule has 4 rings (SSSR count). The van der Waals surface area contributed by atoms with Crippen LogP contribution in [-0.2, 0) is 19.3 Å². The monoisotopic (exact) mass is 685 g/mol. The van der Waals surface area contributed by atoms with E-state index in [1.54, 1.807) is 0 Å². The summed E-state index contributed by atoms with van der Waals surface area (Å²) in [6, 6.07) is 0. The normalized spacial score (nSPS) is 26.2. The lowest BCUT2D eigenvalue weighted by molar-refractivity contribution is -1.46. The molecule has 0 bridgehead atoms. The number of nitrogens with zero attached hydrogens (tertiary/aromatic N) is 1. The fourth-order valence-electron chi connectivity index (χ4n) is 3.30. The molecule has 0 radical (unpaired) electrons. The van der Waals surface area contributed by atoms with Gasteiger partial charge in [0.05, 0.1) is 11.1 Å². The van der Waals surface area contributed by atoms with Crippen molar-refractivity contribution in [2.45, 2.75) is 9.58 Å². The summed E-state index contributed by atoms with van der Waals surface area (Å²) in [6.07, 6.45) is 0. The first kappa shape index (κ1) is 26.0. The molecule has 0 amide bonds. The van der Waals surface area contributed by atoms with Crippen LogP contribution in [0.3, 0.4) is 0 Å². The van der Waals surface area contributed by atoms with Crippen LogP contribution in [0.4, 0.5) is 0 Å². The molecule has 0 aromatic heterocycles. The predicted molar refractivity (Wildman–Crippen MR) is 161 cm³/mol. The summed E-state index contributed by atoms with van der Waals surface area (Å²) in [5.41, 5.74) is 20.5. The molecule has 8 nitrogen and oxygen atoms in total. The second-order valence-corrected chi connectivity index (χ2v) is 13.2. The third-order valence-electron chi connectivity index (χ3n) is 4.87. The Hall–Kier alpha value is 1.97. The van der Waals surface area contributed by atoms with Gasteiger partial charge in [0.25, 0.3) is 9.58 Å². The molecule has 0 saturated heterocycles. The number of alkyl halides is 1. The average molecular weight is 685 g/mol. The highest BCUT2D eigenvalue weighted by molar-refractivity contribution is 14.1. The molecule has 17 heteroatoms. The molecule has 2 aliphatic heterocycles. The standard InChI is InChI=1S/C14H22IN4O4P8/c15-13(16)1-3(7(26)11(30)9(28)5(1)24)20-19(22-13)21-4-2(14(17,18)23-19)6(25)10(29)12(31)8(4)27/h16-18,24-31H2/q+1. The molecular weight excluding hydrogens is 663 g/mol. The minimum Gasteiger partial charge on any atom is -0.285 e. The van der Waals surface area contributed by atoms with Gasteiger partial charge in [0.2, 0.25) is 11.5 Å². The van der Waals surface area contributed by atoms with E-state index < -0.39 is 14.7 Å². The highest BCUT2D eigenvalue weighted by Gasteiger charge is 2.64. The molecule has 0 aliphatic carbocycles. The summed E-state index contributed by atoms with van der Waals surface area (Å²) in [6.45, 7) is 0. The topological polar surface area (TPSA) is 115 Å². The van der Waals surface area contributed by atoms with Gasteiger partial charge in [0, 0.05) is 10.6 Å². The smallest absolute Gasteiger partial charge is 0.285 e. The van der Waals surface area contributed by atoms with Crippen LogP contribution < -0.4 is 69.3 Å². The van der Waals surface area contributed by atoms with Crippen molar-refractivity contribution in [2.24, 2.45) is 17.2 Å². The van der Waals surface area contributed by atoms with Crippen LogP contribution >= 0.6 is 96.5 Å². The molecule has 0 fully saturated rings. The Morgan fingerprint density at radius 3 is 1.45 bits per heavy atom. The summed E-state index contributed by atoms with van der Waals surface area (Å²) in [5.74, 6) is -1.05. The Bertz CT molecular complexity index is 1080. The van der Waals surface area contributed by atoms with Gasteiger partial charge in [-0.2, -0.15) is 9.68 Å². The Balaban J connectivity index is 1.97. The van der Waals surface area contributed by atoms with E-state index in [-0.39, 0.29) is 0 Å². The van der Waals surface area contributed by atoms with Gasteiger partial charge >= 0.3 is 5.14 Å². The van der Waals surface area contributed by atoms with Crippen molar-refractivity contribution in [3.8, 4) is 11.5 Å². The van der Waals surface area contributed by atoms with Crippen LogP contribution in [0.2, 0.25) is 0 Å². The van der Waals surface area contributed by atoms with E-state index >= 15 is 0 Å².